The molecule has 0 spiro atoms. The van der Waals surface area contributed by atoms with E-state index in [9.17, 15) is 0 Å². The normalized spacial score (nSPS) is 20.3. The Balaban J connectivity index is 2.28. The summed E-state index contributed by atoms with van der Waals surface area (Å²) in [5, 5.41) is 3.53. The fourth-order valence-corrected chi connectivity index (χ4v) is 3.71. The number of anilines is 1. The first-order valence-electron chi connectivity index (χ1n) is 8.99. The molecule has 0 radical (unpaired) electrons. The van der Waals surface area contributed by atoms with Crippen LogP contribution in [0.1, 0.15) is 77.8 Å². The van der Waals surface area contributed by atoms with Gasteiger partial charge in [0.2, 0.25) is 0 Å². The van der Waals surface area contributed by atoms with Crippen LogP contribution in [0.25, 0.3) is 0 Å². The van der Waals surface area contributed by atoms with Crippen molar-refractivity contribution in [2.24, 2.45) is 0 Å². The van der Waals surface area contributed by atoms with E-state index in [4.69, 9.17) is 0 Å². The number of rotatable bonds is 6. The zero-order chi connectivity index (χ0) is 16.3. The van der Waals surface area contributed by atoms with E-state index in [-0.39, 0.29) is 5.54 Å². The molecular weight excluding hydrogens is 268 g/mol. The van der Waals surface area contributed by atoms with E-state index in [1.807, 2.05) is 0 Å². The van der Waals surface area contributed by atoms with Gasteiger partial charge >= 0.3 is 0 Å². The van der Waals surface area contributed by atoms with Crippen LogP contribution in [0.5, 0.6) is 0 Å². The van der Waals surface area contributed by atoms with Crippen LogP contribution >= 0.6 is 0 Å². The Morgan fingerprint density at radius 3 is 2.68 bits per heavy atom. The summed E-state index contributed by atoms with van der Waals surface area (Å²) in [4.78, 5) is 2.64. The molecule has 2 nitrogen and oxygen atoms in total. The zero-order valence-corrected chi connectivity index (χ0v) is 15.4. The van der Waals surface area contributed by atoms with Crippen molar-refractivity contribution in [1.29, 1.82) is 0 Å². The van der Waals surface area contributed by atoms with E-state index in [0.717, 1.165) is 6.54 Å². The summed E-state index contributed by atoms with van der Waals surface area (Å²) in [5.74, 6) is 0.641. The minimum absolute atomic E-state index is 0.263. The van der Waals surface area contributed by atoms with E-state index in [1.165, 1.54) is 37.1 Å². The molecule has 0 saturated carbocycles. The van der Waals surface area contributed by atoms with Gasteiger partial charge in [-0.25, -0.2) is 0 Å². The van der Waals surface area contributed by atoms with Crippen LogP contribution in [-0.2, 0) is 6.54 Å². The molecule has 1 heterocycles. The summed E-state index contributed by atoms with van der Waals surface area (Å²) in [5.41, 5.74) is 4.68. The second kappa shape index (κ2) is 7.04. The van der Waals surface area contributed by atoms with E-state index in [1.54, 1.807) is 5.56 Å². The molecule has 1 aromatic rings. The van der Waals surface area contributed by atoms with Crippen molar-refractivity contribution < 1.29 is 0 Å². The van der Waals surface area contributed by atoms with E-state index < -0.39 is 0 Å². The lowest BCUT2D eigenvalue weighted by atomic mass is 9.79. The van der Waals surface area contributed by atoms with Gasteiger partial charge in [0.15, 0.2) is 0 Å². The van der Waals surface area contributed by atoms with Crippen LogP contribution in [0.15, 0.2) is 18.2 Å². The first-order valence-corrected chi connectivity index (χ1v) is 8.99. The molecular formula is C20H34N2. The van der Waals surface area contributed by atoms with E-state index in [2.05, 4.69) is 70.0 Å². The zero-order valence-electron chi connectivity index (χ0n) is 15.4. The Kier molecular flexibility index (Phi) is 5.55. The number of hydrogen-bond acceptors (Lipinski definition) is 2. The molecule has 1 aliphatic rings. The summed E-state index contributed by atoms with van der Waals surface area (Å²) >= 11 is 0. The molecule has 22 heavy (non-hydrogen) atoms. The van der Waals surface area contributed by atoms with Gasteiger partial charge in [-0.2, -0.15) is 0 Å². The molecule has 0 bridgehead atoms. The average Bonchev–Trinajstić information content (AvgIpc) is 2.44. The van der Waals surface area contributed by atoms with Crippen LogP contribution in [0.2, 0.25) is 0 Å². The van der Waals surface area contributed by atoms with E-state index in [0.29, 0.717) is 12.0 Å². The maximum absolute atomic E-state index is 3.53. The molecule has 2 heteroatoms. The Labute approximate surface area is 137 Å². The van der Waals surface area contributed by atoms with Crippen molar-refractivity contribution >= 4 is 5.69 Å². The van der Waals surface area contributed by atoms with Crippen molar-refractivity contribution in [3.8, 4) is 0 Å². The van der Waals surface area contributed by atoms with Gasteiger partial charge in [0.25, 0.3) is 0 Å². The minimum atomic E-state index is 0.263. The molecule has 1 atom stereocenters. The molecule has 2 rings (SSSR count). The maximum Gasteiger partial charge on any atom is 0.0406 e. The SMILES string of the molecule is CCCCN1c2ccc(CNC(C)C)cc2C(C)CC1(C)C. The van der Waals surface area contributed by atoms with Gasteiger partial charge in [-0.05, 0) is 49.8 Å². The first kappa shape index (κ1) is 17.3. The molecule has 0 aromatic heterocycles. The molecule has 0 aliphatic carbocycles. The number of nitrogens with one attached hydrogen (secondary N) is 1. The van der Waals surface area contributed by atoms with Crippen LogP contribution in [0.4, 0.5) is 5.69 Å². The van der Waals surface area contributed by atoms with Gasteiger partial charge in [0, 0.05) is 30.4 Å². The predicted molar refractivity (Wildman–Crippen MR) is 97.8 cm³/mol. The van der Waals surface area contributed by atoms with Crippen LogP contribution in [0, 0.1) is 0 Å². The second-order valence-electron chi connectivity index (χ2n) is 7.85. The quantitative estimate of drug-likeness (QED) is 0.788. The highest BCUT2D eigenvalue weighted by Gasteiger charge is 2.35. The van der Waals surface area contributed by atoms with E-state index >= 15 is 0 Å². The highest BCUT2D eigenvalue weighted by Crippen LogP contribution is 2.43. The van der Waals surface area contributed by atoms with Crippen LogP contribution in [-0.4, -0.2) is 18.1 Å². The Morgan fingerprint density at radius 1 is 1.32 bits per heavy atom. The van der Waals surface area contributed by atoms with Crippen LogP contribution < -0.4 is 10.2 Å². The second-order valence-corrected chi connectivity index (χ2v) is 7.85. The van der Waals surface area contributed by atoms with Crippen molar-refractivity contribution in [1.82, 2.24) is 5.32 Å². The summed E-state index contributed by atoms with van der Waals surface area (Å²) in [6.45, 7) is 16.0. The number of fused-ring (bicyclic) bond motifs is 1. The number of unbranched alkanes of at least 4 members (excludes halogenated alkanes) is 1. The molecule has 1 unspecified atom stereocenters. The fraction of sp³-hybridized carbons (Fsp3) is 0.700. The highest BCUT2D eigenvalue weighted by molar-refractivity contribution is 5.60. The lowest BCUT2D eigenvalue weighted by Gasteiger charge is -2.48. The molecule has 0 saturated heterocycles. The Bertz CT molecular complexity index is 490. The highest BCUT2D eigenvalue weighted by atomic mass is 15.2. The molecule has 124 valence electrons. The number of benzene rings is 1. The minimum Gasteiger partial charge on any atom is -0.366 e. The van der Waals surface area contributed by atoms with Crippen molar-refractivity contribution in [3.05, 3.63) is 29.3 Å². The number of hydrogen-bond donors (Lipinski definition) is 1. The number of nitrogens with zero attached hydrogens (tertiary/aromatic N) is 1. The van der Waals surface area contributed by atoms with Crippen molar-refractivity contribution in [3.63, 3.8) is 0 Å². The Hall–Kier alpha value is -1.02. The van der Waals surface area contributed by atoms with Crippen molar-refractivity contribution in [2.45, 2.75) is 84.8 Å². The lowest BCUT2D eigenvalue weighted by Crippen LogP contribution is -2.48. The summed E-state index contributed by atoms with van der Waals surface area (Å²) in [7, 11) is 0. The molecule has 1 aromatic carbocycles. The topological polar surface area (TPSA) is 15.3 Å². The largest absolute Gasteiger partial charge is 0.366 e. The predicted octanol–water partition coefficient (Wildman–Crippen LogP) is 5.08. The third-order valence-electron chi connectivity index (χ3n) is 4.90. The summed E-state index contributed by atoms with van der Waals surface area (Å²) < 4.78 is 0. The van der Waals surface area contributed by atoms with Gasteiger partial charge in [0.1, 0.15) is 0 Å². The molecule has 1 aliphatic heterocycles. The van der Waals surface area contributed by atoms with Gasteiger partial charge < -0.3 is 10.2 Å². The monoisotopic (exact) mass is 302 g/mol. The maximum atomic E-state index is 3.53. The van der Waals surface area contributed by atoms with Gasteiger partial charge in [0.05, 0.1) is 0 Å². The summed E-state index contributed by atoms with van der Waals surface area (Å²) in [6, 6.07) is 7.64. The standard InChI is InChI=1S/C20H34N2/c1-7-8-11-22-19-10-9-17(14-21-15(2)3)12-18(19)16(4)13-20(22,5)6/h9-10,12,15-16,21H,7-8,11,13-14H2,1-6H3. The smallest absolute Gasteiger partial charge is 0.0406 e. The average molecular weight is 303 g/mol. The fourth-order valence-electron chi connectivity index (χ4n) is 3.71. The molecule has 0 fully saturated rings. The molecule has 1 N–H and O–H groups in total. The third-order valence-corrected chi connectivity index (χ3v) is 4.90. The molecule has 0 amide bonds. The van der Waals surface area contributed by atoms with Crippen LogP contribution in [0.3, 0.4) is 0 Å². The third kappa shape index (κ3) is 3.84. The lowest BCUT2D eigenvalue weighted by molar-refractivity contribution is 0.373. The van der Waals surface area contributed by atoms with Gasteiger partial charge in [-0.15, -0.1) is 0 Å². The van der Waals surface area contributed by atoms with Crippen molar-refractivity contribution in [2.75, 3.05) is 11.4 Å². The summed E-state index contributed by atoms with van der Waals surface area (Å²) in [6.07, 6.45) is 3.77. The Morgan fingerprint density at radius 2 is 2.05 bits per heavy atom. The van der Waals surface area contributed by atoms with Gasteiger partial charge in [-0.3, -0.25) is 0 Å². The van der Waals surface area contributed by atoms with Gasteiger partial charge in [-0.1, -0.05) is 46.2 Å². The first-order chi connectivity index (χ1) is 10.3.